The van der Waals surface area contributed by atoms with Crippen LogP contribution in [0, 0.1) is 0 Å². The summed E-state index contributed by atoms with van der Waals surface area (Å²) in [6, 6.07) is 15.0. The van der Waals surface area contributed by atoms with Gasteiger partial charge in [0, 0.05) is 17.2 Å². The van der Waals surface area contributed by atoms with Crippen LogP contribution in [0.2, 0.25) is 0 Å². The number of carboxylic acid groups (broad SMARTS) is 1. The van der Waals surface area contributed by atoms with Gasteiger partial charge < -0.3 is 33.3 Å². The predicted octanol–water partition coefficient (Wildman–Crippen LogP) is 4.60. The summed E-state index contributed by atoms with van der Waals surface area (Å²) in [5.41, 5.74) is 2.86. The molecule has 1 aliphatic carbocycles. The Morgan fingerprint density at radius 2 is 1.80 bits per heavy atom. The Labute approximate surface area is 235 Å². The Balaban J connectivity index is 1.68. The van der Waals surface area contributed by atoms with Gasteiger partial charge in [-0.2, -0.15) is 0 Å². The van der Waals surface area contributed by atoms with E-state index >= 15 is 0 Å². The minimum Gasteiger partial charge on any atom is -0.504 e. The van der Waals surface area contributed by atoms with Crippen LogP contribution in [0.4, 0.5) is 0 Å². The summed E-state index contributed by atoms with van der Waals surface area (Å²) in [5.74, 6) is -0.891. The van der Waals surface area contributed by atoms with E-state index in [1.165, 1.54) is 26.4 Å². The van der Waals surface area contributed by atoms with Gasteiger partial charge in [-0.05, 0) is 61.9 Å². The second kappa shape index (κ2) is 11.1. The molecule has 0 saturated carbocycles. The van der Waals surface area contributed by atoms with E-state index in [9.17, 15) is 19.8 Å². The average molecular weight is 557 g/mol. The number of aromatic hydroxyl groups is 1. The number of carbonyl (C=O) groups is 2. The second-order valence-electron chi connectivity index (χ2n) is 9.29. The minimum atomic E-state index is -1.08. The fraction of sp³-hybridized carbons (Fsp3) is 0.188. The second-order valence-corrected chi connectivity index (χ2v) is 9.29. The molecule has 41 heavy (non-hydrogen) atoms. The summed E-state index contributed by atoms with van der Waals surface area (Å²) in [6.45, 7) is 3.67. The third-order valence-electron chi connectivity index (χ3n) is 6.89. The molecule has 0 radical (unpaired) electrons. The van der Waals surface area contributed by atoms with Gasteiger partial charge in [-0.1, -0.05) is 18.2 Å². The number of allylic oxidation sites excluding steroid dienone is 1. The molecule has 0 amide bonds. The fourth-order valence-corrected chi connectivity index (χ4v) is 5.05. The molecule has 5 rings (SSSR count). The van der Waals surface area contributed by atoms with Crippen molar-refractivity contribution in [1.29, 1.82) is 0 Å². The number of hydrogen-bond donors (Lipinski definition) is 2. The Kier molecular flexibility index (Phi) is 7.43. The van der Waals surface area contributed by atoms with Gasteiger partial charge in [0.05, 0.1) is 43.4 Å². The summed E-state index contributed by atoms with van der Waals surface area (Å²) in [5, 5.41) is 21.1. The largest absolute Gasteiger partial charge is 0.504 e. The van der Waals surface area contributed by atoms with E-state index < -0.39 is 17.9 Å². The number of esters is 1. The molecule has 9 heteroatoms. The minimum absolute atomic E-state index is 0.0995. The average Bonchev–Trinajstić information content (AvgIpc) is 3.56. The Bertz CT molecular complexity index is 1800. The van der Waals surface area contributed by atoms with Gasteiger partial charge in [0.25, 0.3) is 0 Å². The molecule has 0 spiro atoms. The molecule has 2 N–H and O–H groups in total. The quantitative estimate of drug-likeness (QED) is 0.299. The third kappa shape index (κ3) is 4.98. The zero-order valence-corrected chi connectivity index (χ0v) is 22.9. The number of ether oxygens (including phenoxy) is 3. The number of rotatable bonds is 8. The maximum atomic E-state index is 13.2. The van der Waals surface area contributed by atoms with Crippen molar-refractivity contribution in [2.75, 3.05) is 20.8 Å². The molecule has 210 valence electrons. The lowest BCUT2D eigenvalue weighted by molar-refractivity contribution is -0.138. The smallest absolute Gasteiger partial charge is 0.336 e. The van der Waals surface area contributed by atoms with Crippen LogP contribution in [-0.4, -0.2) is 43.0 Å². The highest BCUT2D eigenvalue weighted by molar-refractivity contribution is 5.96. The van der Waals surface area contributed by atoms with Crippen LogP contribution in [0.25, 0.3) is 23.5 Å². The van der Waals surface area contributed by atoms with Gasteiger partial charge in [-0.25, -0.2) is 9.59 Å². The number of benzene rings is 2. The molecule has 0 fully saturated rings. The highest BCUT2D eigenvalue weighted by atomic mass is 16.5. The lowest BCUT2D eigenvalue weighted by Crippen LogP contribution is -2.25. The standard InChI is InChI=1S/C32H28O9/c1-5-39-32(36)27-17(2)14-25-29(28(27)22-15-18(37-3)10-12-23(22)38-4)30(33)26(41-25)16-19-11-13-24(40-19)20-8-6-7-9-21(20)31(34)35/h6-16,28,33H,5H2,1-4H3,(H,34,35). The maximum absolute atomic E-state index is 13.2. The van der Waals surface area contributed by atoms with Gasteiger partial charge in [0.1, 0.15) is 28.4 Å². The van der Waals surface area contributed by atoms with Crippen LogP contribution in [0.15, 0.2) is 74.6 Å². The molecule has 4 aromatic rings. The van der Waals surface area contributed by atoms with E-state index in [1.807, 2.05) is 0 Å². The van der Waals surface area contributed by atoms with Crippen molar-refractivity contribution in [2.45, 2.75) is 19.8 Å². The third-order valence-corrected chi connectivity index (χ3v) is 6.89. The Hall–Kier alpha value is -5.18. The van der Waals surface area contributed by atoms with Gasteiger partial charge in [-0.3, -0.25) is 0 Å². The number of aromatic carboxylic acids is 1. The van der Waals surface area contributed by atoms with Crippen molar-refractivity contribution in [3.05, 3.63) is 99.0 Å². The van der Waals surface area contributed by atoms with Crippen molar-refractivity contribution in [2.24, 2.45) is 0 Å². The number of carboxylic acids is 1. The Morgan fingerprint density at radius 1 is 1.02 bits per heavy atom. The highest BCUT2D eigenvalue weighted by Crippen LogP contribution is 2.43. The van der Waals surface area contributed by atoms with E-state index in [0.29, 0.717) is 56.3 Å². The number of furan rings is 2. The molecular formula is C32H28O9. The molecular weight excluding hydrogens is 528 g/mol. The topological polar surface area (TPSA) is 129 Å². The first kappa shape index (κ1) is 27.4. The molecule has 0 saturated heterocycles. The molecule has 2 aromatic heterocycles. The SMILES string of the molecule is CCOC(=O)C1=C(C)C=c2oc(=Cc3ccc(-c4ccccc4C(=O)O)o3)c(O)c2C1c1cc(OC)ccc1OC. The molecule has 1 unspecified atom stereocenters. The Morgan fingerprint density at radius 3 is 2.51 bits per heavy atom. The van der Waals surface area contributed by atoms with Crippen LogP contribution in [-0.2, 0) is 9.53 Å². The van der Waals surface area contributed by atoms with Crippen LogP contribution in [0.5, 0.6) is 17.2 Å². The first-order valence-electron chi connectivity index (χ1n) is 12.8. The van der Waals surface area contributed by atoms with Crippen molar-refractivity contribution in [3.63, 3.8) is 0 Å². The van der Waals surface area contributed by atoms with Gasteiger partial charge in [-0.15, -0.1) is 0 Å². The number of carbonyl (C=O) groups excluding carboxylic acids is 1. The monoisotopic (exact) mass is 556 g/mol. The van der Waals surface area contributed by atoms with E-state index in [2.05, 4.69) is 0 Å². The molecule has 9 nitrogen and oxygen atoms in total. The van der Waals surface area contributed by atoms with Crippen molar-refractivity contribution >= 4 is 24.1 Å². The zero-order chi connectivity index (χ0) is 29.3. The van der Waals surface area contributed by atoms with E-state index in [0.717, 1.165) is 0 Å². The van der Waals surface area contributed by atoms with Gasteiger partial charge in [0.2, 0.25) is 0 Å². The van der Waals surface area contributed by atoms with E-state index in [1.54, 1.807) is 68.5 Å². The van der Waals surface area contributed by atoms with Crippen LogP contribution in [0.1, 0.15) is 47.0 Å². The van der Waals surface area contributed by atoms with Gasteiger partial charge >= 0.3 is 11.9 Å². The zero-order valence-electron chi connectivity index (χ0n) is 22.9. The van der Waals surface area contributed by atoms with E-state index in [4.69, 9.17) is 23.0 Å². The molecule has 2 aromatic carbocycles. The van der Waals surface area contributed by atoms with Crippen molar-refractivity contribution in [1.82, 2.24) is 0 Å². The van der Waals surface area contributed by atoms with Crippen molar-refractivity contribution in [3.8, 4) is 28.6 Å². The summed E-state index contributed by atoms with van der Waals surface area (Å²) in [4.78, 5) is 24.9. The molecule has 2 heterocycles. The normalized spacial score (nSPS) is 14.8. The van der Waals surface area contributed by atoms with Crippen LogP contribution >= 0.6 is 0 Å². The fourth-order valence-electron chi connectivity index (χ4n) is 5.05. The van der Waals surface area contributed by atoms with Crippen LogP contribution in [0.3, 0.4) is 0 Å². The molecule has 1 aliphatic rings. The highest BCUT2D eigenvalue weighted by Gasteiger charge is 2.36. The molecule has 0 aliphatic heterocycles. The summed E-state index contributed by atoms with van der Waals surface area (Å²) in [6.07, 6.45) is 3.19. The first-order chi connectivity index (χ1) is 19.8. The lowest BCUT2D eigenvalue weighted by Gasteiger charge is -2.25. The summed E-state index contributed by atoms with van der Waals surface area (Å²) in [7, 11) is 3.06. The molecule has 1 atom stereocenters. The number of fused-ring (bicyclic) bond motifs is 1. The first-order valence-corrected chi connectivity index (χ1v) is 12.8. The lowest BCUT2D eigenvalue weighted by atomic mass is 9.79. The summed E-state index contributed by atoms with van der Waals surface area (Å²) < 4.78 is 28.5. The predicted molar refractivity (Wildman–Crippen MR) is 149 cm³/mol. The number of hydrogen-bond acceptors (Lipinski definition) is 8. The molecule has 0 bridgehead atoms. The van der Waals surface area contributed by atoms with Crippen molar-refractivity contribution < 1.29 is 42.8 Å². The number of methoxy groups -OCH3 is 2. The maximum Gasteiger partial charge on any atom is 0.336 e. The van der Waals surface area contributed by atoms with E-state index in [-0.39, 0.29) is 23.3 Å². The van der Waals surface area contributed by atoms with Gasteiger partial charge in [0.15, 0.2) is 11.2 Å². The summed E-state index contributed by atoms with van der Waals surface area (Å²) >= 11 is 0. The van der Waals surface area contributed by atoms with Crippen LogP contribution < -0.4 is 20.3 Å².